The van der Waals surface area contributed by atoms with E-state index in [0.29, 0.717) is 6.42 Å². The van der Waals surface area contributed by atoms with Crippen molar-refractivity contribution in [3.63, 3.8) is 0 Å². The van der Waals surface area contributed by atoms with Crippen molar-refractivity contribution in [2.45, 2.75) is 131 Å². The van der Waals surface area contributed by atoms with Crippen LogP contribution in [0.4, 0.5) is 4.79 Å². The number of likely N-dealkylation sites (tertiary alicyclic amines) is 2. The molecule has 1 spiro atoms. The first kappa shape index (κ1) is 45.7. The van der Waals surface area contributed by atoms with Crippen molar-refractivity contribution in [1.82, 2.24) is 20.0 Å². The Balaban J connectivity index is 1.27. The van der Waals surface area contributed by atoms with Crippen LogP contribution >= 0.6 is 0 Å². The van der Waals surface area contributed by atoms with Gasteiger partial charge in [-0.1, -0.05) is 44.2 Å². The second-order valence-corrected chi connectivity index (χ2v) is 17.3. The molecule has 4 atom stereocenters. The summed E-state index contributed by atoms with van der Waals surface area (Å²) in [5.74, 6) is -3.05. The lowest BCUT2D eigenvalue weighted by molar-refractivity contribution is -0.241. The lowest BCUT2D eigenvalue weighted by atomic mass is 9.73. The Bertz CT molecular complexity index is 1960. The Morgan fingerprint density at radius 1 is 0.967 bits per heavy atom. The first-order valence-corrected chi connectivity index (χ1v) is 20.5. The molecule has 16 heteroatoms. The minimum Gasteiger partial charge on any atom is -0.454 e. The van der Waals surface area contributed by atoms with Crippen LogP contribution in [-0.2, 0) is 54.0 Å². The van der Waals surface area contributed by atoms with Crippen molar-refractivity contribution >= 4 is 36.0 Å². The third kappa shape index (κ3) is 12.1. The Labute approximate surface area is 351 Å². The summed E-state index contributed by atoms with van der Waals surface area (Å²) in [6.07, 6.45) is 2.66. The molecular formula is C44H60N4O12. The lowest BCUT2D eigenvalue weighted by Gasteiger charge is -2.54. The first-order chi connectivity index (χ1) is 28.2. The van der Waals surface area contributed by atoms with E-state index in [-0.39, 0.29) is 29.1 Å². The molecule has 3 saturated heterocycles. The van der Waals surface area contributed by atoms with E-state index in [1.165, 1.54) is 6.92 Å². The number of ether oxygens (including phenoxy) is 7. The molecule has 1 aromatic heterocycles. The van der Waals surface area contributed by atoms with Gasteiger partial charge >= 0.3 is 30.0 Å². The lowest BCUT2D eigenvalue weighted by Crippen LogP contribution is -2.63. The predicted octanol–water partition coefficient (Wildman–Crippen LogP) is 6.10. The minimum atomic E-state index is -1.49. The van der Waals surface area contributed by atoms with Crippen LogP contribution < -0.4 is 4.74 Å². The number of carbonyl (C=O) groups excluding carboxylic acids is 5. The number of hydrogen-bond acceptors (Lipinski definition) is 14. The van der Waals surface area contributed by atoms with Crippen molar-refractivity contribution in [3.05, 3.63) is 64.2 Å². The SMILES string of the molecule is CC(=O)O/C=C1/O[C@@H](Oc2n[nH]c(C(C)C)c2Cc2ccc(/C=C/CCN3CC4(CCCN(C(=O)OC(C)(C)C)C4)C3)cc2C)[C@H](OC(C)=O)[C@@H](OC(C)=O)[C@@H]1OC(C)=O. The summed E-state index contributed by atoms with van der Waals surface area (Å²) in [4.78, 5) is 65.6. The Hall–Kier alpha value is -5.38. The number of benzene rings is 1. The standard InChI is InChI=1S/C44H60N4O12/c1-26(2)36-34(40(46-45-36)59-41-39(57-31(7)52)38(56-30(6)51)37(55-29(5)50)35(58-41)22-54-28(4)49)21-33-16-15-32(20-27(33)3)14-11-12-18-47-23-44(24-47)17-13-19-48(25-44)42(53)60-43(8,9)10/h11,14-16,20,22,26,37-39,41H,12-13,17-19,21,23-25H2,1-10H3,(H,45,46)/b14-11+,35-22+/t37-,38+,39-,41+/m1/s1. The molecule has 3 fully saturated rings. The molecular weight excluding hydrogens is 777 g/mol. The van der Waals surface area contributed by atoms with Crippen LogP contribution in [-0.4, -0.2) is 113 Å². The maximum absolute atomic E-state index is 12.7. The van der Waals surface area contributed by atoms with E-state index < -0.39 is 54.1 Å². The van der Waals surface area contributed by atoms with Gasteiger partial charge in [0, 0.05) is 83.5 Å². The first-order valence-electron chi connectivity index (χ1n) is 20.5. The van der Waals surface area contributed by atoms with Crippen LogP contribution in [0.2, 0.25) is 0 Å². The van der Waals surface area contributed by atoms with Gasteiger partial charge < -0.3 is 43.0 Å². The van der Waals surface area contributed by atoms with Crippen LogP contribution in [0.1, 0.15) is 115 Å². The average Bonchev–Trinajstić information content (AvgIpc) is 3.52. The number of piperidine rings is 1. The number of carbonyl (C=O) groups is 5. The highest BCUT2D eigenvalue weighted by molar-refractivity contribution is 5.69. The highest BCUT2D eigenvalue weighted by atomic mass is 16.7. The van der Waals surface area contributed by atoms with Crippen molar-refractivity contribution in [2.75, 3.05) is 32.7 Å². The number of amides is 1. The third-order valence-corrected chi connectivity index (χ3v) is 10.4. The summed E-state index contributed by atoms with van der Waals surface area (Å²) in [6.45, 7) is 20.8. The van der Waals surface area contributed by atoms with Crippen LogP contribution in [0.15, 0.2) is 36.3 Å². The summed E-state index contributed by atoms with van der Waals surface area (Å²) in [5.41, 5.74) is 4.30. The maximum atomic E-state index is 12.7. The monoisotopic (exact) mass is 836 g/mol. The van der Waals surface area contributed by atoms with Gasteiger partial charge in [-0.2, -0.15) is 0 Å². The third-order valence-electron chi connectivity index (χ3n) is 10.4. The molecule has 2 aromatic rings. The number of aromatic amines is 1. The van der Waals surface area contributed by atoms with Gasteiger partial charge in [0.05, 0.1) is 0 Å². The smallest absolute Gasteiger partial charge is 0.410 e. The fourth-order valence-corrected chi connectivity index (χ4v) is 7.94. The topological polar surface area (TPSA) is 185 Å². The number of esters is 4. The molecule has 3 aliphatic heterocycles. The van der Waals surface area contributed by atoms with Gasteiger partial charge in [-0.25, -0.2) is 4.79 Å². The number of nitrogens with zero attached hydrogens (tertiary/aromatic N) is 3. The van der Waals surface area contributed by atoms with E-state index in [1.54, 1.807) is 0 Å². The van der Waals surface area contributed by atoms with Gasteiger partial charge in [0.1, 0.15) is 11.9 Å². The maximum Gasteiger partial charge on any atom is 0.410 e. The molecule has 4 heterocycles. The Morgan fingerprint density at radius 2 is 1.65 bits per heavy atom. The molecule has 0 radical (unpaired) electrons. The second kappa shape index (κ2) is 19.3. The molecule has 3 aliphatic rings. The molecule has 1 aromatic carbocycles. The van der Waals surface area contributed by atoms with E-state index in [9.17, 15) is 24.0 Å². The van der Waals surface area contributed by atoms with Gasteiger partial charge in [-0.15, -0.1) is 5.10 Å². The fraction of sp³-hybridized carbons (Fsp3) is 0.591. The van der Waals surface area contributed by atoms with E-state index in [0.717, 1.165) is 107 Å². The quantitative estimate of drug-likeness (QED) is 0.139. The van der Waals surface area contributed by atoms with Crippen LogP contribution in [0.25, 0.3) is 6.08 Å². The largest absolute Gasteiger partial charge is 0.454 e. The second-order valence-electron chi connectivity index (χ2n) is 17.3. The Morgan fingerprint density at radius 3 is 2.27 bits per heavy atom. The van der Waals surface area contributed by atoms with Crippen LogP contribution in [0.3, 0.4) is 0 Å². The number of H-pyrrole nitrogens is 1. The van der Waals surface area contributed by atoms with Crippen molar-refractivity contribution < 1.29 is 57.1 Å². The summed E-state index contributed by atoms with van der Waals surface area (Å²) >= 11 is 0. The molecule has 16 nitrogen and oxygen atoms in total. The van der Waals surface area contributed by atoms with E-state index in [1.807, 2.05) is 46.4 Å². The molecule has 0 unspecified atom stereocenters. The number of hydrogen-bond donors (Lipinski definition) is 1. The number of aromatic nitrogens is 2. The molecule has 328 valence electrons. The molecule has 0 bridgehead atoms. The van der Waals surface area contributed by atoms with Crippen molar-refractivity contribution in [1.29, 1.82) is 0 Å². The predicted molar refractivity (Wildman–Crippen MR) is 218 cm³/mol. The highest BCUT2D eigenvalue weighted by Gasteiger charge is 2.52. The van der Waals surface area contributed by atoms with Crippen molar-refractivity contribution in [3.8, 4) is 5.88 Å². The zero-order valence-electron chi connectivity index (χ0n) is 36.5. The molecule has 1 N–H and O–H groups in total. The van der Waals surface area contributed by atoms with E-state index in [2.05, 4.69) is 45.4 Å². The molecule has 60 heavy (non-hydrogen) atoms. The zero-order valence-corrected chi connectivity index (χ0v) is 36.5. The summed E-state index contributed by atoms with van der Waals surface area (Å²) in [6, 6.07) is 6.25. The zero-order chi connectivity index (χ0) is 43.9. The summed E-state index contributed by atoms with van der Waals surface area (Å²) < 4.78 is 39.6. The summed E-state index contributed by atoms with van der Waals surface area (Å²) in [5, 5.41) is 7.54. The fourth-order valence-electron chi connectivity index (χ4n) is 7.94. The van der Waals surface area contributed by atoms with Gasteiger partial charge in [0.25, 0.3) is 6.29 Å². The van der Waals surface area contributed by atoms with Crippen LogP contribution in [0, 0.1) is 12.3 Å². The summed E-state index contributed by atoms with van der Waals surface area (Å²) in [7, 11) is 0. The van der Waals surface area contributed by atoms with Crippen molar-refractivity contribution in [2.24, 2.45) is 5.41 Å². The average molecular weight is 837 g/mol. The highest BCUT2D eigenvalue weighted by Crippen LogP contribution is 2.40. The molecule has 1 amide bonds. The number of nitrogens with one attached hydrogen (secondary N) is 1. The molecule has 5 rings (SSSR count). The molecule has 0 aliphatic carbocycles. The van der Waals surface area contributed by atoms with E-state index >= 15 is 0 Å². The van der Waals surface area contributed by atoms with Crippen LogP contribution in [0.5, 0.6) is 5.88 Å². The Kier molecular flexibility index (Phi) is 14.7. The number of rotatable bonds is 13. The van der Waals surface area contributed by atoms with Gasteiger partial charge in [0.2, 0.25) is 18.1 Å². The van der Waals surface area contributed by atoms with Gasteiger partial charge in [0.15, 0.2) is 11.9 Å². The van der Waals surface area contributed by atoms with Gasteiger partial charge in [-0.05, 0) is 69.6 Å². The van der Waals surface area contributed by atoms with E-state index in [4.69, 9.17) is 33.2 Å². The molecule has 0 saturated carbocycles. The number of aryl methyl sites for hydroxylation is 1. The minimum absolute atomic E-state index is 0.00813. The normalized spacial score (nSPS) is 22.2. The van der Waals surface area contributed by atoms with Gasteiger partial charge in [-0.3, -0.25) is 24.3 Å².